The Labute approximate surface area is 107 Å². The molecule has 0 fully saturated rings. The molecule has 17 heavy (non-hydrogen) atoms. The molecule has 5 nitrogen and oxygen atoms in total. The summed E-state index contributed by atoms with van der Waals surface area (Å²) in [6.07, 6.45) is 0. The van der Waals surface area contributed by atoms with Gasteiger partial charge in [0, 0.05) is 5.69 Å². The number of carboxylic acids is 1. The topological polar surface area (TPSA) is 75.6 Å². The molecular weight excluding hydrogens is 290 g/mol. The third-order valence-corrected chi connectivity index (χ3v) is 2.80. The highest BCUT2D eigenvalue weighted by atomic mass is 79.9. The van der Waals surface area contributed by atoms with E-state index in [4.69, 9.17) is 9.84 Å². The highest BCUT2D eigenvalue weighted by Crippen LogP contribution is 2.27. The Kier molecular flexibility index (Phi) is 4.51. The summed E-state index contributed by atoms with van der Waals surface area (Å²) in [7, 11) is 1.53. The number of ether oxygens (including phenoxy) is 1. The van der Waals surface area contributed by atoms with Gasteiger partial charge in [0.05, 0.1) is 11.6 Å². The van der Waals surface area contributed by atoms with E-state index in [2.05, 4.69) is 21.2 Å². The molecule has 0 spiro atoms. The van der Waals surface area contributed by atoms with Gasteiger partial charge in [-0.2, -0.15) is 0 Å². The molecule has 6 heteroatoms. The summed E-state index contributed by atoms with van der Waals surface area (Å²) in [5.41, 5.74) is 0.510. The number of methoxy groups -OCH3 is 1. The number of amides is 1. The summed E-state index contributed by atoms with van der Waals surface area (Å²) in [5.74, 6) is -2.17. The molecule has 0 saturated carbocycles. The quantitative estimate of drug-likeness (QED) is 0.835. The monoisotopic (exact) mass is 301 g/mol. The summed E-state index contributed by atoms with van der Waals surface area (Å²) in [6.45, 7) is 1.33. The zero-order valence-electron chi connectivity index (χ0n) is 9.36. The van der Waals surface area contributed by atoms with Crippen LogP contribution in [0, 0.1) is 5.92 Å². The third-order valence-electron chi connectivity index (χ3n) is 2.18. The van der Waals surface area contributed by atoms with Crippen LogP contribution in [-0.4, -0.2) is 24.1 Å². The van der Waals surface area contributed by atoms with Gasteiger partial charge in [-0.25, -0.2) is 0 Å². The van der Waals surface area contributed by atoms with E-state index in [0.717, 1.165) is 0 Å². The van der Waals surface area contributed by atoms with Gasteiger partial charge >= 0.3 is 5.97 Å². The number of halogens is 1. The maximum atomic E-state index is 11.5. The fourth-order valence-corrected chi connectivity index (χ4v) is 1.65. The lowest BCUT2D eigenvalue weighted by Crippen LogP contribution is -2.26. The molecule has 2 N–H and O–H groups in total. The fourth-order valence-electron chi connectivity index (χ4n) is 1.11. The summed E-state index contributed by atoms with van der Waals surface area (Å²) >= 11 is 3.27. The van der Waals surface area contributed by atoms with E-state index in [-0.39, 0.29) is 0 Å². The second-order valence-corrected chi connectivity index (χ2v) is 4.25. The number of benzene rings is 1. The average Bonchev–Trinajstić information content (AvgIpc) is 2.28. The zero-order valence-corrected chi connectivity index (χ0v) is 10.9. The maximum absolute atomic E-state index is 11.5. The number of carboxylic acid groups (broad SMARTS) is 1. The minimum absolute atomic E-state index is 0.510. The van der Waals surface area contributed by atoms with Gasteiger partial charge in [0.15, 0.2) is 0 Å². The Hall–Kier alpha value is -1.56. The highest BCUT2D eigenvalue weighted by Gasteiger charge is 2.20. The van der Waals surface area contributed by atoms with Crippen LogP contribution >= 0.6 is 15.9 Å². The van der Waals surface area contributed by atoms with Crippen LogP contribution in [0.3, 0.4) is 0 Å². The van der Waals surface area contributed by atoms with Crippen LogP contribution in [0.1, 0.15) is 6.92 Å². The molecule has 1 rings (SSSR count). The molecule has 0 saturated heterocycles. The van der Waals surface area contributed by atoms with Crippen molar-refractivity contribution in [2.24, 2.45) is 5.92 Å². The standard InChI is InChI=1S/C11H12BrNO4/c1-6(11(15)16)10(14)13-7-3-4-9(17-2)8(12)5-7/h3-6H,1-2H3,(H,13,14)(H,15,16). The minimum Gasteiger partial charge on any atom is -0.496 e. The van der Waals surface area contributed by atoms with Gasteiger partial charge in [-0.1, -0.05) is 0 Å². The number of carbonyl (C=O) groups is 2. The molecule has 1 atom stereocenters. The lowest BCUT2D eigenvalue weighted by Gasteiger charge is -2.10. The molecule has 1 aromatic rings. The first kappa shape index (κ1) is 13.5. The van der Waals surface area contributed by atoms with Crippen LogP contribution in [0.25, 0.3) is 0 Å². The van der Waals surface area contributed by atoms with Crippen LogP contribution < -0.4 is 10.1 Å². The van der Waals surface area contributed by atoms with E-state index in [9.17, 15) is 9.59 Å². The van der Waals surface area contributed by atoms with Crippen molar-refractivity contribution in [3.05, 3.63) is 22.7 Å². The molecule has 0 aliphatic carbocycles. The van der Waals surface area contributed by atoms with E-state index in [0.29, 0.717) is 15.9 Å². The Bertz CT molecular complexity index is 447. The minimum atomic E-state index is -1.16. The number of rotatable bonds is 4. The van der Waals surface area contributed by atoms with Crippen molar-refractivity contribution < 1.29 is 19.4 Å². The Morgan fingerprint density at radius 3 is 2.59 bits per heavy atom. The first-order valence-corrected chi connectivity index (χ1v) is 5.62. The smallest absolute Gasteiger partial charge is 0.315 e. The van der Waals surface area contributed by atoms with Crippen molar-refractivity contribution in [1.29, 1.82) is 0 Å². The summed E-state index contributed by atoms with van der Waals surface area (Å²) < 4.78 is 5.72. The van der Waals surface area contributed by atoms with E-state index < -0.39 is 17.8 Å². The van der Waals surface area contributed by atoms with Crippen LogP contribution in [0.5, 0.6) is 5.75 Å². The maximum Gasteiger partial charge on any atom is 0.315 e. The molecule has 0 heterocycles. The third kappa shape index (κ3) is 3.45. The lowest BCUT2D eigenvalue weighted by molar-refractivity contribution is -0.144. The molecular formula is C11H12BrNO4. The average molecular weight is 302 g/mol. The van der Waals surface area contributed by atoms with E-state index in [1.165, 1.54) is 14.0 Å². The molecule has 1 unspecified atom stereocenters. The number of carbonyl (C=O) groups excluding carboxylic acids is 1. The molecule has 0 aliphatic rings. The molecule has 0 bridgehead atoms. The van der Waals surface area contributed by atoms with Gasteiger partial charge in [0.2, 0.25) is 5.91 Å². The van der Waals surface area contributed by atoms with Crippen LogP contribution in [0.4, 0.5) is 5.69 Å². The van der Waals surface area contributed by atoms with E-state index >= 15 is 0 Å². The number of anilines is 1. The summed E-state index contributed by atoms with van der Waals surface area (Å²) in [6, 6.07) is 4.95. The van der Waals surface area contributed by atoms with Crippen molar-refractivity contribution in [2.45, 2.75) is 6.92 Å². The van der Waals surface area contributed by atoms with Gasteiger partial charge < -0.3 is 15.2 Å². The van der Waals surface area contributed by atoms with E-state index in [1.54, 1.807) is 18.2 Å². The van der Waals surface area contributed by atoms with Gasteiger partial charge in [0.25, 0.3) is 0 Å². The van der Waals surface area contributed by atoms with Crippen LogP contribution in [0.15, 0.2) is 22.7 Å². The predicted molar refractivity (Wildman–Crippen MR) is 66.1 cm³/mol. The van der Waals surface area contributed by atoms with Crippen molar-refractivity contribution >= 4 is 33.5 Å². The number of hydrogen-bond acceptors (Lipinski definition) is 3. The van der Waals surface area contributed by atoms with Crippen molar-refractivity contribution in [2.75, 3.05) is 12.4 Å². The zero-order chi connectivity index (χ0) is 13.0. The summed E-state index contributed by atoms with van der Waals surface area (Å²) in [5, 5.41) is 11.2. The SMILES string of the molecule is COc1ccc(NC(=O)C(C)C(=O)O)cc1Br. The fraction of sp³-hybridized carbons (Fsp3) is 0.273. The van der Waals surface area contributed by atoms with Crippen molar-refractivity contribution in [1.82, 2.24) is 0 Å². The van der Waals surface area contributed by atoms with E-state index in [1.807, 2.05) is 0 Å². The molecule has 1 amide bonds. The number of aliphatic carboxylic acids is 1. The van der Waals surface area contributed by atoms with Crippen LogP contribution in [-0.2, 0) is 9.59 Å². The van der Waals surface area contributed by atoms with Gasteiger partial charge in [0.1, 0.15) is 11.7 Å². The predicted octanol–water partition coefficient (Wildman–Crippen LogP) is 2.12. The van der Waals surface area contributed by atoms with Crippen LogP contribution in [0.2, 0.25) is 0 Å². The molecule has 0 radical (unpaired) electrons. The second-order valence-electron chi connectivity index (χ2n) is 3.40. The lowest BCUT2D eigenvalue weighted by atomic mass is 10.1. The van der Waals surface area contributed by atoms with Gasteiger partial charge in [-0.3, -0.25) is 9.59 Å². The number of hydrogen-bond donors (Lipinski definition) is 2. The molecule has 0 aliphatic heterocycles. The van der Waals surface area contributed by atoms with Gasteiger partial charge in [-0.05, 0) is 41.1 Å². The first-order chi connectivity index (χ1) is 7.95. The molecule has 1 aromatic carbocycles. The molecule has 0 aromatic heterocycles. The first-order valence-electron chi connectivity index (χ1n) is 4.83. The van der Waals surface area contributed by atoms with Gasteiger partial charge in [-0.15, -0.1) is 0 Å². The Balaban J connectivity index is 2.79. The normalized spacial score (nSPS) is 11.7. The Morgan fingerprint density at radius 2 is 2.12 bits per heavy atom. The number of nitrogens with one attached hydrogen (secondary N) is 1. The highest BCUT2D eigenvalue weighted by molar-refractivity contribution is 9.10. The molecule has 92 valence electrons. The Morgan fingerprint density at radius 1 is 1.47 bits per heavy atom. The second kappa shape index (κ2) is 5.67. The van der Waals surface area contributed by atoms with Crippen molar-refractivity contribution in [3.8, 4) is 5.75 Å². The summed E-state index contributed by atoms with van der Waals surface area (Å²) in [4.78, 5) is 22.1. The van der Waals surface area contributed by atoms with Crippen molar-refractivity contribution in [3.63, 3.8) is 0 Å². The largest absolute Gasteiger partial charge is 0.496 e.